The van der Waals surface area contributed by atoms with E-state index in [4.69, 9.17) is 0 Å². The first-order chi connectivity index (χ1) is 23.3. The molecule has 0 spiro atoms. The molecule has 1 aliphatic heterocycles. The minimum atomic E-state index is 0.340. The van der Waals surface area contributed by atoms with E-state index >= 15 is 0 Å². The van der Waals surface area contributed by atoms with Crippen LogP contribution in [0.3, 0.4) is 0 Å². The van der Waals surface area contributed by atoms with Gasteiger partial charge in [0.2, 0.25) is 0 Å². The van der Waals surface area contributed by atoms with Gasteiger partial charge in [-0.15, -0.1) is 0 Å². The molecule has 1 N–H and O–H groups in total. The summed E-state index contributed by atoms with van der Waals surface area (Å²) in [5, 5.41) is 8.25. The highest BCUT2D eigenvalue weighted by Crippen LogP contribution is 2.41. The van der Waals surface area contributed by atoms with Gasteiger partial charge in [0.1, 0.15) is 11.7 Å². The van der Waals surface area contributed by atoms with Crippen molar-refractivity contribution in [2.45, 2.75) is 65.0 Å². The van der Waals surface area contributed by atoms with Crippen LogP contribution in [0.1, 0.15) is 69.5 Å². The summed E-state index contributed by atoms with van der Waals surface area (Å²) in [5.74, 6) is 0. The maximum atomic E-state index is 2.56. The molecule has 0 saturated heterocycles. The Hall–Kier alpha value is -4.66. The van der Waals surface area contributed by atoms with Gasteiger partial charge in [-0.2, -0.15) is 0 Å². The SMILES string of the molecule is CCCCn1/c(=C/C=C2\CCC(/C=C/C3c4cccc5cccc(c45)[NH+]3CCCC)=C2c2ccccc2)c2cccc3cccc1c32. The molecule has 6 aromatic rings. The summed E-state index contributed by atoms with van der Waals surface area (Å²) in [6, 6.07) is 38.7. The Bertz CT molecular complexity index is 2220. The summed E-state index contributed by atoms with van der Waals surface area (Å²) in [4.78, 5) is 1.59. The summed E-state index contributed by atoms with van der Waals surface area (Å²) in [5.41, 5.74) is 9.93. The average Bonchev–Trinajstić information content (AvgIpc) is 3.76. The zero-order valence-electron chi connectivity index (χ0n) is 27.8. The lowest BCUT2D eigenvalue weighted by molar-refractivity contribution is -0.854. The van der Waals surface area contributed by atoms with E-state index in [1.807, 2.05) is 0 Å². The minimum Gasteiger partial charge on any atom is -0.340 e. The van der Waals surface area contributed by atoms with Crippen molar-refractivity contribution in [1.29, 1.82) is 0 Å². The molecule has 2 nitrogen and oxygen atoms in total. The Labute approximate surface area is 279 Å². The summed E-state index contributed by atoms with van der Waals surface area (Å²) in [7, 11) is 0. The largest absolute Gasteiger partial charge is 0.340 e. The molecular formula is C45H45N2+. The molecule has 2 aliphatic rings. The van der Waals surface area contributed by atoms with Crippen LogP contribution in [0.25, 0.3) is 44.1 Å². The highest BCUT2D eigenvalue weighted by Gasteiger charge is 2.34. The van der Waals surface area contributed by atoms with Crippen LogP contribution in [-0.4, -0.2) is 11.1 Å². The van der Waals surface area contributed by atoms with Gasteiger partial charge in [-0.3, -0.25) is 4.90 Å². The molecule has 5 aromatic carbocycles. The van der Waals surface area contributed by atoms with Crippen molar-refractivity contribution in [3.8, 4) is 0 Å². The van der Waals surface area contributed by atoms with Gasteiger partial charge in [0.05, 0.1) is 11.9 Å². The third-order valence-corrected chi connectivity index (χ3v) is 10.6. The fourth-order valence-electron chi connectivity index (χ4n) is 8.33. The number of hydrogen-bond acceptors (Lipinski definition) is 0. The number of hydrogen-bond donors (Lipinski definition) is 1. The van der Waals surface area contributed by atoms with E-state index in [0.717, 1.165) is 25.9 Å². The second-order valence-electron chi connectivity index (χ2n) is 13.4. The number of rotatable bonds is 10. The maximum Gasteiger partial charge on any atom is 0.140 e. The van der Waals surface area contributed by atoms with Crippen LogP contribution in [0, 0.1) is 0 Å². The van der Waals surface area contributed by atoms with Gasteiger partial charge >= 0.3 is 0 Å². The van der Waals surface area contributed by atoms with Crippen LogP contribution < -0.4 is 10.2 Å². The van der Waals surface area contributed by atoms with Gasteiger partial charge < -0.3 is 4.57 Å². The monoisotopic (exact) mass is 613 g/mol. The standard InChI is InChI=1S/C45H44N2/c1-3-5-30-46-39(37-20-10-16-33-18-12-22-41(46)44(33)37)28-26-35-24-25-36(43(35)32-14-8-7-9-15-32)27-29-40-38-21-11-17-34-19-13-23-42(45(34)38)47(40)31-6-4-2/h7-23,26-29,39H,3-6,24-25,30-31H2,1-2H3/p+1/b28-26+,36-27+,40-29+. The third kappa shape index (κ3) is 5.26. The first-order valence-corrected chi connectivity index (χ1v) is 17.8. The zero-order valence-corrected chi connectivity index (χ0v) is 27.8. The van der Waals surface area contributed by atoms with Crippen molar-refractivity contribution in [3.05, 3.63) is 149 Å². The average molecular weight is 614 g/mol. The first-order valence-electron chi connectivity index (χ1n) is 17.8. The number of aryl methyl sites for hydroxylation is 1. The summed E-state index contributed by atoms with van der Waals surface area (Å²) >= 11 is 0. The highest BCUT2D eigenvalue weighted by molar-refractivity contribution is 6.10. The van der Waals surface area contributed by atoms with Crippen molar-refractivity contribution in [1.82, 2.24) is 4.57 Å². The predicted molar refractivity (Wildman–Crippen MR) is 201 cm³/mol. The summed E-state index contributed by atoms with van der Waals surface area (Å²) < 4.78 is 2.56. The minimum absolute atomic E-state index is 0.340. The van der Waals surface area contributed by atoms with E-state index in [1.165, 1.54) is 97.0 Å². The molecule has 47 heavy (non-hydrogen) atoms. The molecule has 234 valence electrons. The van der Waals surface area contributed by atoms with Crippen molar-refractivity contribution in [2.75, 3.05) is 6.54 Å². The number of aromatic nitrogens is 1. The normalized spacial score (nSPS) is 19.2. The Balaban J connectivity index is 1.24. The molecule has 8 rings (SSSR count). The van der Waals surface area contributed by atoms with Gasteiger partial charge in [0.25, 0.3) is 0 Å². The van der Waals surface area contributed by atoms with Gasteiger partial charge in [-0.25, -0.2) is 0 Å². The molecule has 0 amide bonds. The molecule has 2 heteroatoms. The molecule has 0 fully saturated rings. The summed E-state index contributed by atoms with van der Waals surface area (Å²) in [6.07, 6.45) is 16.8. The Morgan fingerprint density at radius 1 is 0.723 bits per heavy atom. The van der Waals surface area contributed by atoms with E-state index in [0.29, 0.717) is 6.04 Å². The molecule has 1 aromatic heterocycles. The van der Waals surface area contributed by atoms with Crippen LogP contribution in [-0.2, 0) is 6.54 Å². The molecule has 2 unspecified atom stereocenters. The van der Waals surface area contributed by atoms with Crippen molar-refractivity contribution in [2.24, 2.45) is 0 Å². The second-order valence-corrected chi connectivity index (χ2v) is 13.4. The molecule has 0 saturated carbocycles. The molecule has 0 bridgehead atoms. The predicted octanol–water partition coefficient (Wildman–Crippen LogP) is 10.0. The quantitative estimate of drug-likeness (QED) is 0.158. The van der Waals surface area contributed by atoms with Gasteiger partial charge in [0, 0.05) is 33.7 Å². The first kappa shape index (κ1) is 29.7. The van der Waals surface area contributed by atoms with Crippen LogP contribution in [0.4, 0.5) is 5.69 Å². The van der Waals surface area contributed by atoms with Crippen molar-refractivity contribution >= 4 is 49.8 Å². The Kier molecular flexibility index (Phi) is 8.13. The van der Waals surface area contributed by atoms with Crippen LogP contribution in [0.5, 0.6) is 0 Å². The highest BCUT2D eigenvalue weighted by atomic mass is 15.2. The lowest BCUT2D eigenvalue weighted by Crippen LogP contribution is -3.06. The van der Waals surface area contributed by atoms with E-state index < -0.39 is 0 Å². The smallest absolute Gasteiger partial charge is 0.140 e. The zero-order chi connectivity index (χ0) is 31.7. The fraction of sp³-hybridized carbons (Fsp3) is 0.244. The van der Waals surface area contributed by atoms with Crippen molar-refractivity contribution in [3.63, 3.8) is 0 Å². The molecular weight excluding hydrogens is 569 g/mol. The van der Waals surface area contributed by atoms with Gasteiger partial charge in [-0.1, -0.05) is 130 Å². The van der Waals surface area contributed by atoms with E-state index in [1.54, 1.807) is 4.90 Å². The number of nitrogens with one attached hydrogen (secondary N) is 1. The molecule has 0 radical (unpaired) electrons. The maximum absolute atomic E-state index is 2.56. The van der Waals surface area contributed by atoms with Gasteiger partial charge in [-0.05, 0) is 83.0 Å². The van der Waals surface area contributed by atoms with Crippen LogP contribution >= 0.6 is 0 Å². The number of unbranched alkanes of at least 4 members (excludes halogenated alkanes) is 2. The van der Waals surface area contributed by atoms with E-state index in [2.05, 4.69) is 146 Å². The molecule has 2 heterocycles. The number of allylic oxidation sites excluding steroid dienone is 5. The number of nitrogens with zero attached hydrogens (tertiary/aromatic N) is 1. The Morgan fingerprint density at radius 3 is 2.28 bits per heavy atom. The third-order valence-electron chi connectivity index (χ3n) is 10.6. The molecule has 2 atom stereocenters. The molecule has 1 aliphatic carbocycles. The van der Waals surface area contributed by atoms with Crippen LogP contribution in [0.2, 0.25) is 0 Å². The number of quaternary nitrogens is 1. The van der Waals surface area contributed by atoms with E-state index in [9.17, 15) is 0 Å². The topological polar surface area (TPSA) is 9.37 Å². The fourth-order valence-corrected chi connectivity index (χ4v) is 8.33. The number of benzene rings is 5. The Morgan fingerprint density at radius 2 is 1.47 bits per heavy atom. The van der Waals surface area contributed by atoms with Crippen molar-refractivity contribution < 1.29 is 4.90 Å². The van der Waals surface area contributed by atoms with Crippen LogP contribution in [0.15, 0.2) is 133 Å². The van der Waals surface area contributed by atoms with Gasteiger partial charge in [0.15, 0.2) is 0 Å². The van der Waals surface area contributed by atoms with E-state index in [-0.39, 0.29) is 0 Å². The summed E-state index contributed by atoms with van der Waals surface area (Å²) in [6.45, 7) is 6.80. The lowest BCUT2D eigenvalue weighted by atomic mass is 9.96. The second kappa shape index (κ2) is 12.9. The lowest BCUT2D eigenvalue weighted by Gasteiger charge is -2.20.